The van der Waals surface area contributed by atoms with Gasteiger partial charge in [0.1, 0.15) is 5.60 Å². The SMILES string of the molecule is CCn1nccc1CNCC1CCCN1C(=O)OC(C)(C)C. The molecule has 0 radical (unpaired) electrons. The number of aryl methyl sites for hydroxylation is 1. The van der Waals surface area contributed by atoms with Crippen molar-refractivity contribution < 1.29 is 9.53 Å². The second-order valence-electron chi connectivity index (χ2n) is 6.74. The lowest BCUT2D eigenvalue weighted by Gasteiger charge is -2.28. The van der Waals surface area contributed by atoms with Gasteiger partial charge in [-0.25, -0.2) is 4.79 Å². The van der Waals surface area contributed by atoms with E-state index in [1.165, 1.54) is 5.69 Å². The highest BCUT2D eigenvalue weighted by Gasteiger charge is 2.31. The van der Waals surface area contributed by atoms with Crippen molar-refractivity contribution in [3.8, 4) is 0 Å². The van der Waals surface area contributed by atoms with Gasteiger partial charge in [0.05, 0.1) is 5.69 Å². The Labute approximate surface area is 132 Å². The first kappa shape index (κ1) is 16.8. The van der Waals surface area contributed by atoms with Gasteiger partial charge in [0.25, 0.3) is 0 Å². The summed E-state index contributed by atoms with van der Waals surface area (Å²) in [5, 5.41) is 7.70. The van der Waals surface area contributed by atoms with Crippen molar-refractivity contribution in [2.45, 2.75) is 65.3 Å². The molecule has 1 aliphatic heterocycles. The summed E-state index contributed by atoms with van der Waals surface area (Å²) in [7, 11) is 0. The highest BCUT2D eigenvalue weighted by atomic mass is 16.6. The van der Waals surface area contributed by atoms with Crippen molar-refractivity contribution in [2.24, 2.45) is 0 Å². The van der Waals surface area contributed by atoms with E-state index in [4.69, 9.17) is 4.74 Å². The average molecular weight is 308 g/mol. The Kier molecular flexibility index (Phi) is 5.45. The molecule has 22 heavy (non-hydrogen) atoms. The van der Waals surface area contributed by atoms with Gasteiger partial charge >= 0.3 is 6.09 Å². The molecule has 1 fully saturated rings. The molecule has 0 aliphatic carbocycles. The van der Waals surface area contributed by atoms with Crippen LogP contribution in [0.3, 0.4) is 0 Å². The van der Waals surface area contributed by atoms with E-state index in [1.807, 2.05) is 42.6 Å². The monoisotopic (exact) mass is 308 g/mol. The minimum Gasteiger partial charge on any atom is -0.444 e. The van der Waals surface area contributed by atoms with Crippen molar-refractivity contribution in [1.82, 2.24) is 20.0 Å². The molecule has 124 valence electrons. The van der Waals surface area contributed by atoms with Crippen molar-refractivity contribution in [1.29, 1.82) is 0 Å². The predicted molar refractivity (Wildman–Crippen MR) is 85.6 cm³/mol. The number of ether oxygens (including phenoxy) is 1. The normalized spacial score (nSPS) is 18.7. The highest BCUT2D eigenvalue weighted by molar-refractivity contribution is 5.69. The van der Waals surface area contributed by atoms with Crippen LogP contribution in [0.25, 0.3) is 0 Å². The lowest BCUT2D eigenvalue weighted by Crippen LogP contribution is -2.44. The molecule has 1 amide bonds. The van der Waals surface area contributed by atoms with Gasteiger partial charge in [0, 0.05) is 38.4 Å². The van der Waals surface area contributed by atoms with Gasteiger partial charge < -0.3 is 15.0 Å². The van der Waals surface area contributed by atoms with Crippen LogP contribution in [0.4, 0.5) is 4.79 Å². The summed E-state index contributed by atoms with van der Waals surface area (Å²) < 4.78 is 7.47. The zero-order chi connectivity index (χ0) is 16.2. The molecule has 0 aromatic carbocycles. The number of rotatable bonds is 5. The fourth-order valence-electron chi connectivity index (χ4n) is 2.77. The van der Waals surface area contributed by atoms with E-state index in [-0.39, 0.29) is 12.1 Å². The van der Waals surface area contributed by atoms with E-state index in [1.54, 1.807) is 0 Å². The van der Waals surface area contributed by atoms with E-state index < -0.39 is 5.60 Å². The van der Waals surface area contributed by atoms with Crippen LogP contribution in [0.1, 0.15) is 46.2 Å². The molecule has 1 aromatic heterocycles. The Morgan fingerprint density at radius 2 is 2.27 bits per heavy atom. The molecule has 1 N–H and O–H groups in total. The van der Waals surface area contributed by atoms with Gasteiger partial charge in [-0.05, 0) is 46.6 Å². The van der Waals surface area contributed by atoms with Crippen LogP contribution in [0.5, 0.6) is 0 Å². The maximum absolute atomic E-state index is 12.2. The van der Waals surface area contributed by atoms with Crippen LogP contribution in [0.15, 0.2) is 12.3 Å². The zero-order valence-corrected chi connectivity index (χ0v) is 14.1. The Morgan fingerprint density at radius 3 is 2.95 bits per heavy atom. The number of likely N-dealkylation sites (tertiary alicyclic amines) is 1. The fraction of sp³-hybridized carbons (Fsp3) is 0.750. The summed E-state index contributed by atoms with van der Waals surface area (Å²) in [6.07, 6.45) is 3.69. The van der Waals surface area contributed by atoms with E-state index in [0.29, 0.717) is 0 Å². The summed E-state index contributed by atoms with van der Waals surface area (Å²) in [4.78, 5) is 14.1. The number of carbonyl (C=O) groups excluding carboxylic acids is 1. The summed E-state index contributed by atoms with van der Waals surface area (Å²) in [5.74, 6) is 0. The number of amides is 1. The van der Waals surface area contributed by atoms with E-state index in [0.717, 1.165) is 39.0 Å². The smallest absolute Gasteiger partial charge is 0.410 e. The Bertz CT molecular complexity index is 493. The Hall–Kier alpha value is -1.56. The summed E-state index contributed by atoms with van der Waals surface area (Å²) in [6, 6.07) is 2.24. The first-order valence-corrected chi connectivity index (χ1v) is 8.11. The van der Waals surface area contributed by atoms with Gasteiger partial charge in [-0.1, -0.05) is 0 Å². The molecule has 1 atom stereocenters. The maximum Gasteiger partial charge on any atom is 0.410 e. The van der Waals surface area contributed by atoms with Crippen LogP contribution in [0.2, 0.25) is 0 Å². The Morgan fingerprint density at radius 1 is 1.50 bits per heavy atom. The fourth-order valence-corrected chi connectivity index (χ4v) is 2.77. The van der Waals surface area contributed by atoms with E-state index in [2.05, 4.69) is 17.3 Å². The van der Waals surface area contributed by atoms with Crippen molar-refractivity contribution in [3.63, 3.8) is 0 Å². The van der Waals surface area contributed by atoms with Crippen molar-refractivity contribution in [2.75, 3.05) is 13.1 Å². The number of aromatic nitrogens is 2. The maximum atomic E-state index is 12.2. The molecule has 0 spiro atoms. The number of nitrogens with one attached hydrogen (secondary N) is 1. The van der Waals surface area contributed by atoms with Crippen molar-refractivity contribution >= 4 is 6.09 Å². The van der Waals surface area contributed by atoms with E-state index >= 15 is 0 Å². The standard InChI is InChI=1S/C16H28N4O2/c1-5-20-14(8-9-18-20)12-17-11-13-7-6-10-19(13)15(21)22-16(2,3)4/h8-9,13,17H,5-7,10-12H2,1-4H3. The van der Waals surface area contributed by atoms with Crippen molar-refractivity contribution in [3.05, 3.63) is 18.0 Å². The molecule has 6 nitrogen and oxygen atoms in total. The molecule has 2 rings (SSSR count). The van der Waals surface area contributed by atoms with Crippen LogP contribution in [-0.4, -0.2) is 45.5 Å². The zero-order valence-electron chi connectivity index (χ0n) is 14.1. The van der Waals surface area contributed by atoms with Gasteiger partial charge in [-0.3, -0.25) is 4.68 Å². The number of nitrogens with zero attached hydrogens (tertiary/aromatic N) is 3. The third-order valence-electron chi connectivity index (χ3n) is 3.80. The summed E-state index contributed by atoms with van der Waals surface area (Å²) in [6.45, 7) is 11.0. The molecule has 1 saturated heterocycles. The van der Waals surface area contributed by atoms with E-state index in [9.17, 15) is 4.79 Å². The topological polar surface area (TPSA) is 59.4 Å². The van der Waals surface area contributed by atoms with Gasteiger partial charge in [-0.15, -0.1) is 0 Å². The molecule has 0 bridgehead atoms. The van der Waals surface area contributed by atoms with Gasteiger partial charge in [-0.2, -0.15) is 5.10 Å². The second-order valence-corrected chi connectivity index (χ2v) is 6.74. The molecule has 1 unspecified atom stereocenters. The molecule has 2 heterocycles. The quantitative estimate of drug-likeness (QED) is 0.907. The first-order chi connectivity index (χ1) is 10.4. The number of hydrogen-bond donors (Lipinski definition) is 1. The molecular weight excluding hydrogens is 280 g/mol. The summed E-state index contributed by atoms with van der Waals surface area (Å²) in [5.41, 5.74) is 0.731. The van der Waals surface area contributed by atoms with Gasteiger partial charge in [0.2, 0.25) is 0 Å². The number of carbonyl (C=O) groups is 1. The molecule has 0 saturated carbocycles. The lowest BCUT2D eigenvalue weighted by molar-refractivity contribution is 0.0226. The highest BCUT2D eigenvalue weighted by Crippen LogP contribution is 2.20. The van der Waals surface area contributed by atoms with Gasteiger partial charge in [0.15, 0.2) is 0 Å². The third kappa shape index (κ3) is 4.47. The first-order valence-electron chi connectivity index (χ1n) is 8.11. The second kappa shape index (κ2) is 7.13. The molecule has 1 aromatic rings. The molecular formula is C16H28N4O2. The predicted octanol–water partition coefficient (Wildman–Crippen LogP) is 2.39. The van der Waals surface area contributed by atoms with Crippen LogP contribution in [0, 0.1) is 0 Å². The lowest BCUT2D eigenvalue weighted by atomic mass is 10.2. The summed E-state index contributed by atoms with van der Waals surface area (Å²) >= 11 is 0. The van der Waals surface area contributed by atoms with Crippen LogP contribution >= 0.6 is 0 Å². The van der Waals surface area contributed by atoms with Crippen LogP contribution in [-0.2, 0) is 17.8 Å². The molecule has 6 heteroatoms. The largest absolute Gasteiger partial charge is 0.444 e. The average Bonchev–Trinajstić information content (AvgIpc) is 3.05. The minimum absolute atomic E-state index is 0.199. The number of hydrogen-bond acceptors (Lipinski definition) is 4. The minimum atomic E-state index is -0.439. The third-order valence-corrected chi connectivity index (χ3v) is 3.80. The van der Waals surface area contributed by atoms with Crippen LogP contribution < -0.4 is 5.32 Å². The molecule has 1 aliphatic rings. The Balaban J connectivity index is 1.82.